The summed E-state index contributed by atoms with van der Waals surface area (Å²) in [5.74, 6) is 0.0797. The number of likely N-dealkylation sites (tertiary alicyclic amines) is 1. The van der Waals surface area contributed by atoms with Crippen LogP contribution in [-0.2, 0) is 10.3 Å². The second-order valence-electron chi connectivity index (χ2n) is 7.00. The van der Waals surface area contributed by atoms with Crippen molar-refractivity contribution in [3.8, 4) is 0 Å². The van der Waals surface area contributed by atoms with Crippen molar-refractivity contribution in [1.82, 2.24) is 15.2 Å². The minimum Gasteiger partial charge on any atom is -0.464 e. The number of fused-ring (bicyclic) bond motifs is 1. The number of hydrogen-bond donors (Lipinski definition) is 1. The van der Waals surface area contributed by atoms with E-state index in [-0.39, 0.29) is 5.91 Å². The zero-order valence-electron chi connectivity index (χ0n) is 14.1. The molecule has 1 saturated heterocycles. The first-order valence-electron chi connectivity index (χ1n) is 8.31. The summed E-state index contributed by atoms with van der Waals surface area (Å²) in [7, 11) is 2.11. The molecular formula is C18H25N3O2. The minimum atomic E-state index is -0.534. The Kier molecular flexibility index (Phi) is 4.39. The van der Waals surface area contributed by atoms with Crippen LogP contribution in [0.4, 0.5) is 0 Å². The summed E-state index contributed by atoms with van der Waals surface area (Å²) < 4.78 is 5.43. The van der Waals surface area contributed by atoms with Crippen molar-refractivity contribution in [3.05, 3.63) is 30.3 Å². The van der Waals surface area contributed by atoms with E-state index in [0.717, 1.165) is 29.6 Å². The Morgan fingerprint density at radius 2 is 2.26 bits per heavy atom. The van der Waals surface area contributed by atoms with Gasteiger partial charge in [0.15, 0.2) is 0 Å². The number of rotatable bonds is 4. The lowest BCUT2D eigenvalue weighted by atomic mass is 9.95. The summed E-state index contributed by atoms with van der Waals surface area (Å²) in [5, 5.41) is 4.10. The standard InChI is InChI=1S/C18H25N3O2/c1-18(2,17-14-8-11-23-15(14)7-9-19-17)20-16(22)12-13-6-4-5-10-21(13)3/h7-9,11,13H,4-6,10,12H2,1-3H3,(H,20,22)/t13-/m1/s1. The molecule has 0 aromatic carbocycles. The zero-order valence-corrected chi connectivity index (χ0v) is 14.1. The Hall–Kier alpha value is -1.88. The molecule has 1 N–H and O–H groups in total. The third kappa shape index (κ3) is 3.39. The molecule has 1 aliphatic rings. The first kappa shape index (κ1) is 16.0. The fourth-order valence-electron chi connectivity index (χ4n) is 3.47. The number of pyridine rings is 1. The van der Waals surface area contributed by atoms with Gasteiger partial charge in [-0.05, 0) is 52.4 Å². The third-order valence-electron chi connectivity index (χ3n) is 4.77. The summed E-state index contributed by atoms with van der Waals surface area (Å²) in [4.78, 5) is 19.3. The predicted octanol–water partition coefficient (Wildman–Crippen LogP) is 3.05. The van der Waals surface area contributed by atoms with E-state index in [1.54, 1.807) is 12.5 Å². The lowest BCUT2D eigenvalue weighted by Gasteiger charge is -2.33. The molecule has 1 amide bonds. The molecule has 0 saturated carbocycles. The van der Waals surface area contributed by atoms with Crippen molar-refractivity contribution in [2.45, 2.75) is 51.1 Å². The van der Waals surface area contributed by atoms with Crippen LogP contribution in [0.3, 0.4) is 0 Å². The van der Waals surface area contributed by atoms with E-state index in [9.17, 15) is 4.79 Å². The van der Waals surface area contributed by atoms with Crippen LogP contribution in [0.25, 0.3) is 11.0 Å². The van der Waals surface area contributed by atoms with Crippen LogP contribution in [0.2, 0.25) is 0 Å². The van der Waals surface area contributed by atoms with Crippen molar-refractivity contribution in [1.29, 1.82) is 0 Å². The lowest BCUT2D eigenvalue weighted by molar-refractivity contribution is -0.124. The Bertz CT molecular complexity index is 692. The molecular weight excluding hydrogens is 290 g/mol. The maximum atomic E-state index is 12.5. The van der Waals surface area contributed by atoms with Gasteiger partial charge in [0, 0.05) is 24.0 Å². The second kappa shape index (κ2) is 6.32. The number of carbonyl (C=O) groups excluding carboxylic acids is 1. The molecule has 5 nitrogen and oxygen atoms in total. The van der Waals surface area contributed by atoms with Crippen LogP contribution in [0.5, 0.6) is 0 Å². The van der Waals surface area contributed by atoms with Crippen LogP contribution in [0.15, 0.2) is 29.0 Å². The van der Waals surface area contributed by atoms with Gasteiger partial charge in [-0.15, -0.1) is 0 Å². The number of amides is 1. The summed E-state index contributed by atoms with van der Waals surface area (Å²) in [6.45, 7) is 5.06. The second-order valence-corrected chi connectivity index (χ2v) is 7.00. The highest BCUT2D eigenvalue weighted by Gasteiger charge is 2.29. The normalized spacial score (nSPS) is 19.9. The molecule has 1 aliphatic heterocycles. The minimum absolute atomic E-state index is 0.0797. The summed E-state index contributed by atoms with van der Waals surface area (Å²) >= 11 is 0. The summed E-state index contributed by atoms with van der Waals surface area (Å²) in [6, 6.07) is 4.09. The van der Waals surface area contributed by atoms with E-state index < -0.39 is 5.54 Å². The SMILES string of the molecule is CN1CCCC[C@@H]1CC(=O)NC(C)(C)c1nccc2occc12. The molecule has 2 aromatic rings. The number of nitrogens with one attached hydrogen (secondary N) is 1. The van der Waals surface area contributed by atoms with Gasteiger partial charge in [0.1, 0.15) is 5.58 Å². The van der Waals surface area contributed by atoms with Crippen LogP contribution in [-0.4, -0.2) is 35.4 Å². The monoisotopic (exact) mass is 315 g/mol. The van der Waals surface area contributed by atoms with Gasteiger partial charge < -0.3 is 14.6 Å². The fourth-order valence-corrected chi connectivity index (χ4v) is 3.47. The molecule has 124 valence electrons. The molecule has 0 bridgehead atoms. The number of furan rings is 1. The van der Waals surface area contributed by atoms with E-state index in [1.807, 2.05) is 26.0 Å². The van der Waals surface area contributed by atoms with Gasteiger partial charge in [-0.1, -0.05) is 6.42 Å². The third-order valence-corrected chi connectivity index (χ3v) is 4.77. The maximum Gasteiger partial charge on any atom is 0.222 e. The Morgan fingerprint density at radius 3 is 3.04 bits per heavy atom. The first-order chi connectivity index (χ1) is 11.0. The summed E-state index contributed by atoms with van der Waals surface area (Å²) in [6.07, 6.45) is 7.46. The maximum absolute atomic E-state index is 12.5. The van der Waals surface area contributed by atoms with Crippen molar-refractivity contribution < 1.29 is 9.21 Å². The van der Waals surface area contributed by atoms with Gasteiger partial charge in [0.2, 0.25) is 5.91 Å². The van der Waals surface area contributed by atoms with Crippen LogP contribution in [0, 0.1) is 0 Å². The van der Waals surface area contributed by atoms with E-state index >= 15 is 0 Å². The van der Waals surface area contributed by atoms with Crippen molar-refractivity contribution in [2.75, 3.05) is 13.6 Å². The Balaban J connectivity index is 1.72. The lowest BCUT2D eigenvalue weighted by Crippen LogP contribution is -2.45. The van der Waals surface area contributed by atoms with E-state index in [0.29, 0.717) is 12.5 Å². The van der Waals surface area contributed by atoms with Crippen molar-refractivity contribution >= 4 is 16.9 Å². The molecule has 3 heterocycles. The number of carbonyl (C=O) groups is 1. The smallest absolute Gasteiger partial charge is 0.222 e. The highest BCUT2D eigenvalue weighted by Crippen LogP contribution is 2.27. The Morgan fingerprint density at radius 1 is 1.43 bits per heavy atom. The zero-order chi connectivity index (χ0) is 16.4. The molecule has 2 aromatic heterocycles. The molecule has 0 aliphatic carbocycles. The van der Waals surface area contributed by atoms with Gasteiger partial charge in [0.05, 0.1) is 17.5 Å². The van der Waals surface area contributed by atoms with E-state index in [4.69, 9.17) is 4.42 Å². The summed E-state index contributed by atoms with van der Waals surface area (Å²) in [5.41, 5.74) is 1.10. The number of nitrogens with zero attached hydrogens (tertiary/aromatic N) is 2. The first-order valence-corrected chi connectivity index (χ1v) is 8.31. The van der Waals surface area contributed by atoms with Gasteiger partial charge in [-0.3, -0.25) is 9.78 Å². The average molecular weight is 315 g/mol. The van der Waals surface area contributed by atoms with Gasteiger partial charge in [-0.25, -0.2) is 0 Å². The van der Waals surface area contributed by atoms with Crippen LogP contribution < -0.4 is 5.32 Å². The van der Waals surface area contributed by atoms with Gasteiger partial charge in [0.25, 0.3) is 0 Å². The molecule has 0 spiro atoms. The molecule has 0 radical (unpaired) electrons. The molecule has 3 rings (SSSR count). The molecule has 5 heteroatoms. The molecule has 1 fully saturated rings. The fraction of sp³-hybridized carbons (Fsp3) is 0.556. The largest absolute Gasteiger partial charge is 0.464 e. The number of hydrogen-bond acceptors (Lipinski definition) is 4. The number of piperidine rings is 1. The Labute approximate surface area is 137 Å². The predicted molar refractivity (Wildman–Crippen MR) is 90.1 cm³/mol. The molecule has 1 atom stereocenters. The average Bonchev–Trinajstić information content (AvgIpc) is 2.97. The highest BCUT2D eigenvalue weighted by atomic mass is 16.3. The van der Waals surface area contributed by atoms with E-state index in [1.165, 1.54) is 12.8 Å². The van der Waals surface area contributed by atoms with E-state index in [2.05, 4.69) is 22.2 Å². The highest BCUT2D eigenvalue weighted by molar-refractivity contribution is 5.82. The topological polar surface area (TPSA) is 58.4 Å². The van der Waals surface area contributed by atoms with Gasteiger partial charge in [-0.2, -0.15) is 0 Å². The quantitative estimate of drug-likeness (QED) is 0.942. The van der Waals surface area contributed by atoms with Crippen molar-refractivity contribution in [2.24, 2.45) is 0 Å². The van der Waals surface area contributed by atoms with Gasteiger partial charge >= 0.3 is 0 Å². The molecule has 23 heavy (non-hydrogen) atoms. The number of aromatic nitrogens is 1. The van der Waals surface area contributed by atoms with Crippen molar-refractivity contribution in [3.63, 3.8) is 0 Å². The van der Waals surface area contributed by atoms with Crippen LogP contribution >= 0.6 is 0 Å². The molecule has 0 unspecified atom stereocenters. The van der Waals surface area contributed by atoms with Crippen LogP contribution in [0.1, 0.15) is 45.2 Å².